The molecule has 3 N–H and O–H groups in total. The molecule has 0 spiro atoms. The number of carbonyl (C=O) groups excluding carboxylic acids is 1. The zero-order chi connectivity index (χ0) is 12.2. The molecular weight excluding hydrogens is 228 g/mol. The molecule has 0 aliphatic carbocycles. The van der Waals surface area contributed by atoms with Crippen molar-refractivity contribution in [3.63, 3.8) is 0 Å². The number of benzene rings is 1. The van der Waals surface area contributed by atoms with E-state index in [9.17, 15) is 13.2 Å². The smallest absolute Gasteiger partial charge is 0.238 e. The number of rotatable bonds is 3. The Bertz CT molecular complexity index is 543. The standard InChI is InChI=1S/C10H10N2O3S/c1-2-4-10(13)12-8-5-3-6-9(7-8)16(11,14)15/h1,3,5-7H,4H2,(H,12,13)(H2,11,14,15). The Labute approximate surface area is 93.7 Å². The Morgan fingerprint density at radius 3 is 2.75 bits per heavy atom. The maximum atomic E-state index is 11.1. The van der Waals surface area contributed by atoms with E-state index < -0.39 is 10.0 Å². The van der Waals surface area contributed by atoms with Crippen LogP contribution in [0, 0.1) is 12.3 Å². The molecule has 0 aliphatic rings. The summed E-state index contributed by atoms with van der Waals surface area (Å²) in [6.07, 6.45) is 4.89. The normalized spacial score (nSPS) is 10.5. The lowest BCUT2D eigenvalue weighted by Crippen LogP contribution is -2.14. The Balaban J connectivity index is 2.93. The Morgan fingerprint density at radius 2 is 2.19 bits per heavy atom. The average molecular weight is 238 g/mol. The van der Waals surface area contributed by atoms with Crippen LogP contribution in [0.4, 0.5) is 5.69 Å². The van der Waals surface area contributed by atoms with Gasteiger partial charge in [0.25, 0.3) is 0 Å². The van der Waals surface area contributed by atoms with Crippen LogP contribution in [0.25, 0.3) is 0 Å². The van der Waals surface area contributed by atoms with Gasteiger partial charge in [0.2, 0.25) is 15.9 Å². The molecule has 0 atom stereocenters. The van der Waals surface area contributed by atoms with Crippen LogP contribution in [0.1, 0.15) is 6.42 Å². The van der Waals surface area contributed by atoms with E-state index in [0.717, 1.165) is 0 Å². The molecule has 84 valence electrons. The molecule has 0 aromatic heterocycles. The van der Waals surface area contributed by atoms with Crippen molar-refractivity contribution in [3.05, 3.63) is 24.3 Å². The second-order valence-electron chi connectivity index (χ2n) is 3.00. The van der Waals surface area contributed by atoms with Gasteiger partial charge in [0.1, 0.15) is 0 Å². The summed E-state index contributed by atoms with van der Waals surface area (Å²) in [4.78, 5) is 11.1. The molecule has 1 aromatic rings. The van der Waals surface area contributed by atoms with Crippen molar-refractivity contribution in [2.75, 3.05) is 5.32 Å². The second kappa shape index (κ2) is 4.79. The molecule has 16 heavy (non-hydrogen) atoms. The van der Waals surface area contributed by atoms with Crippen LogP contribution in [-0.4, -0.2) is 14.3 Å². The number of primary sulfonamides is 1. The Hall–Kier alpha value is -1.84. The molecule has 0 bridgehead atoms. The third-order valence-corrected chi connectivity index (χ3v) is 2.62. The van der Waals surface area contributed by atoms with Gasteiger partial charge in [-0.05, 0) is 18.2 Å². The van der Waals surface area contributed by atoms with Crippen molar-refractivity contribution in [3.8, 4) is 12.3 Å². The topological polar surface area (TPSA) is 89.3 Å². The first kappa shape index (κ1) is 12.2. The molecular formula is C10H10N2O3S. The van der Waals surface area contributed by atoms with Crippen LogP contribution in [0.2, 0.25) is 0 Å². The maximum absolute atomic E-state index is 11.1. The fourth-order valence-corrected chi connectivity index (χ4v) is 1.61. The van der Waals surface area contributed by atoms with E-state index >= 15 is 0 Å². The Morgan fingerprint density at radius 1 is 1.50 bits per heavy atom. The van der Waals surface area contributed by atoms with Gasteiger partial charge in [-0.1, -0.05) is 12.0 Å². The van der Waals surface area contributed by atoms with Crippen LogP contribution < -0.4 is 10.5 Å². The van der Waals surface area contributed by atoms with Crippen molar-refractivity contribution in [2.45, 2.75) is 11.3 Å². The molecule has 0 aliphatic heterocycles. The first-order valence-corrected chi connectivity index (χ1v) is 5.84. The molecule has 1 aromatic carbocycles. The molecule has 0 heterocycles. The van der Waals surface area contributed by atoms with Crippen molar-refractivity contribution >= 4 is 21.6 Å². The number of anilines is 1. The summed E-state index contributed by atoms with van der Waals surface area (Å²) < 4.78 is 22.1. The van der Waals surface area contributed by atoms with Crippen molar-refractivity contribution in [1.29, 1.82) is 0 Å². The third kappa shape index (κ3) is 3.38. The summed E-state index contributed by atoms with van der Waals surface area (Å²) in [5.41, 5.74) is 0.340. The molecule has 5 nitrogen and oxygen atoms in total. The summed E-state index contributed by atoms with van der Waals surface area (Å²) >= 11 is 0. The minimum atomic E-state index is -3.77. The summed E-state index contributed by atoms with van der Waals surface area (Å²) in [6, 6.07) is 5.63. The molecule has 0 radical (unpaired) electrons. The highest BCUT2D eigenvalue weighted by Gasteiger charge is 2.08. The third-order valence-electron chi connectivity index (χ3n) is 1.71. The first-order chi connectivity index (χ1) is 7.43. The minimum absolute atomic E-state index is 0.0639. The van der Waals surface area contributed by atoms with Crippen molar-refractivity contribution in [2.24, 2.45) is 5.14 Å². The molecule has 1 rings (SSSR count). The summed E-state index contributed by atoms with van der Waals surface area (Å²) in [5, 5.41) is 7.40. The lowest BCUT2D eigenvalue weighted by molar-refractivity contribution is -0.115. The highest BCUT2D eigenvalue weighted by molar-refractivity contribution is 7.89. The highest BCUT2D eigenvalue weighted by Crippen LogP contribution is 2.14. The number of carbonyl (C=O) groups is 1. The van der Waals surface area contributed by atoms with E-state index in [1.807, 2.05) is 0 Å². The first-order valence-electron chi connectivity index (χ1n) is 4.29. The van der Waals surface area contributed by atoms with E-state index in [2.05, 4.69) is 11.2 Å². The zero-order valence-corrected chi connectivity index (χ0v) is 9.12. The second-order valence-corrected chi connectivity index (χ2v) is 4.56. The van der Waals surface area contributed by atoms with E-state index in [-0.39, 0.29) is 17.2 Å². The largest absolute Gasteiger partial charge is 0.325 e. The van der Waals surface area contributed by atoms with Crippen molar-refractivity contribution in [1.82, 2.24) is 0 Å². The lowest BCUT2D eigenvalue weighted by atomic mass is 10.3. The van der Waals surface area contributed by atoms with Gasteiger partial charge in [-0.2, -0.15) is 0 Å². The predicted octanol–water partition coefficient (Wildman–Crippen LogP) is 0.296. The van der Waals surface area contributed by atoms with Gasteiger partial charge >= 0.3 is 0 Å². The van der Waals surface area contributed by atoms with E-state index in [4.69, 9.17) is 11.6 Å². The highest BCUT2D eigenvalue weighted by atomic mass is 32.2. The quantitative estimate of drug-likeness (QED) is 0.742. The van der Waals surface area contributed by atoms with Gasteiger partial charge in [-0.15, -0.1) is 6.42 Å². The summed E-state index contributed by atoms with van der Waals surface area (Å²) in [5.74, 6) is 1.80. The van der Waals surface area contributed by atoms with Gasteiger partial charge in [0.15, 0.2) is 0 Å². The monoisotopic (exact) mass is 238 g/mol. The summed E-state index contributed by atoms with van der Waals surface area (Å²) in [6.45, 7) is 0. The SMILES string of the molecule is C#CCC(=O)Nc1cccc(S(N)(=O)=O)c1. The molecule has 0 fully saturated rings. The number of hydrogen-bond acceptors (Lipinski definition) is 3. The van der Waals surface area contributed by atoms with Crippen LogP contribution in [0.3, 0.4) is 0 Å². The van der Waals surface area contributed by atoms with Gasteiger partial charge in [-0.25, -0.2) is 13.6 Å². The van der Waals surface area contributed by atoms with Crippen LogP contribution >= 0.6 is 0 Å². The number of nitrogens with one attached hydrogen (secondary N) is 1. The number of nitrogens with two attached hydrogens (primary N) is 1. The zero-order valence-electron chi connectivity index (χ0n) is 8.30. The maximum Gasteiger partial charge on any atom is 0.238 e. The number of sulfonamides is 1. The average Bonchev–Trinajstić information content (AvgIpc) is 2.17. The van der Waals surface area contributed by atoms with E-state index in [1.54, 1.807) is 6.07 Å². The van der Waals surface area contributed by atoms with E-state index in [1.165, 1.54) is 18.2 Å². The number of terminal acetylenes is 1. The number of amides is 1. The summed E-state index contributed by atoms with van der Waals surface area (Å²) in [7, 11) is -3.77. The predicted molar refractivity (Wildman–Crippen MR) is 59.9 cm³/mol. The van der Waals surface area contributed by atoms with Crippen LogP contribution in [-0.2, 0) is 14.8 Å². The molecule has 0 saturated carbocycles. The van der Waals surface area contributed by atoms with Gasteiger partial charge in [0.05, 0.1) is 11.3 Å². The fraction of sp³-hybridized carbons (Fsp3) is 0.100. The molecule has 1 amide bonds. The van der Waals surface area contributed by atoms with Gasteiger partial charge in [0, 0.05) is 5.69 Å². The van der Waals surface area contributed by atoms with E-state index in [0.29, 0.717) is 5.69 Å². The van der Waals surface area contributed by atoms with Gasteiger partial charge < -0.3 is 5.32 Å². The van der Waals surface area contributed by atoms with Gasteiger partial charge in [-0.3, -0.25) is 4.79 Å². The van der Waals surface area contributed by atoms with Crippen LogP contribution in [0.5, 0.6) is 0 Å². The molecule has 6 heteroatoms. The van der Waals surface area contributed by atoms with Crippen LogP contribution in [0.15, 0.2) is 29.2 Å². The van der Waals surface area contributed by atoms with Crippen molar-refractivity contribution < 1.29 is 13.2 Å². The number of hydrogen-bond donors (Lipinski definition) is 2. The fourth-order valence-electron chi connectivity index (χ4n) is 1.05. The lowest BCUT2D eigenvalue weighted by Gasteiger charge is -2.04. The molecule has 0 unspecified atom stereocenters. The minimum Gasteiger partial charge on any atom is -0.325 e. The Kier molecular flexibility index (Phi) is 3.66. The molecule has 0 saturated heterocycles.